The van der Waals surface area contributed by atoms with Gasteiger partial charge in [0.1, 0.15) is 0 Å². The topological polar surface area (TPSA) is 38.7 Å². The molecular formula is C51H33N3S. The summed E-state index contributed by atoms with van der Waals surface area (Å²) in [6.45, 7) is 0. The van der Waals surface area contributed by atoms with Crippen molar-refractivity contribution in [3.63, 3.8) is 0 Å². The van der Waals surface area contributed by atoms with Crippen LogP contribution in [0.4, 0.5) is 0 Å². The summed E-state index contributed by atoms with van der Waals surface area (Å²) in [6, 6.07) is 69.6. The van der Waals surface area contributed by atoms with E-state index in [2.05, 4.69) is 198 Å². The molecule has 0 N–H and O–H groups in total. The van der Waals surface area contributed by atoms with Gasteiger partial charge in [-0.05, 0) is 85.1 Å². The Labute approximate surface area is 323 Å². The Balaban J connectivity index is 1.46. The minimum atomic E-state index is 0.760. The van der Waals surface area contributed by atoms with Crippen molar-refractivity contribution in [2.24, 2.45) is 0 Å². The normalized spacial score (nSPS) is 11.3. The maximum Gasteiger partial charge on any atom is 0.0976 e. The Bertz CT molecular complexity index is 2960. The first-order valence-corrected chi connectivity index (χ1v) is 19.3. The fraction of sp³-hybridized carbons (Fsp3) is 0. The van der Waals surface area contributed by atoms with Gasteiger partial charge in [-0.15, -0.1) is 21.5 Å². The summed E-state index contributed by atoms with van der Waals surface area (Å²) in [5.74, 6) is 0. The van der Waals surface area contributed by atoms with Crippen molar-refractivity contribution in [2.45, 2.75) is 0 Å². The molecule has 0 atom stereocenters. The fourth-order valence-electron chi connectivity index (χ4n) is 8.07. The van der Waals surface area contributed by atoms with Gasteiger partial charge in [-0.3, -0.25) is 0 Å². The number of nitrogens with zero attached hydrogens (tertiary/aromatic N) is 3. The average molecular weight is 720 g/mol. The monoisotopic (exact) mass is 719 g/mol. The highest BCUT2D eigenvalue weighted by Crippen LogP contribution is 2.54. The van der Waals surface area contributed by atoms with Crippen molar-refractivity contribution in [1.29, 1.82) is 0 Å². The standard InChI is InChI=1S/C51H33N3S/c1-4-17-34(18-5-1)37-23-10-12-25-39(37)44-33-43(36-21-8-3-9-22-36)49(40-26-13-11-24-38(40)35-19-6-2-7-20-35)51(45-31-32-52-54-53-45)50(44)42-28-16-30-47-48(42)41-27-14-15-29-46(41)55-47/h1-33H. The summed E-state index contributed by atoms with van der Waals surface area (Å²) in [5, 5.41) is 15.8. The average Bonchev–Trinajstić information content (AvgIpc) is 3.66. The number of hydrogen-bond donors (Lipinski definition) is 0. The van der Waals surface area contributed by atoms with Crippen LogP contribution in [0.2, 0.25) is 0 Å². The van der Waals surface area contributed by atoms with Crippen LogP contribution in [0.5, 0.6) is 0 Å². The highest BCUT2D eigenvalue weighted by atomic mass is 32.1. The molecule has 10 aromatic rings. The van der Waals surface area contributed by atoms with Crippen LogP contribution >= 0.6 is 11.3 Å². The molecule has 0 amide bonds. The van der Waals surface area contributed by atoms with Crippen LogP contribution in [0.1, 0.15) is 0 Å². The first-order valence-electron chi connectivity index (χ1n) is 18.4. The fourth-order valence-corrected chi connectivity index (χ4v) is 9.20. The van der Waals surface area contributed by atoms with Gasteiger partial charge in [-0.2, -0.15) is 0 Å². The van der Waals surface area contributed by atoms with Gasteiger partial charge in [0, 0.05) is 36.9 Å². The van der Waals surface area contributed by atoms with E-state index in [0.717, 1.165) is 78.0 Å². The van der Waals surface area contributed by atoms with Crippen LogP contribution in [0.25, 0.3) is 98.2 Å². The molecule has 0 saturated heterocycles. The first-order chi connectivity index (χ1) is 27.3. The van der Waals surface area contributed by atoms with Gasteiger partial charge in [0.25, 0.3) is 0 Å². The highest BCUT2D eigenvalue weighted by molar-refractivity contribution is 7.25. The lowest BCUT2D eigenvalue weighted by molar-refractivity contribution is 0.871. The second-order valence-electron chi connectivity index (χ2n) is 13.6. The summed E-state index contributed by atoms with van der Waals surface area (Å²) >= 11 is 1.84. The molecule has 4 heteroatoms. The number of thiophene rings is 1. The third-order valence-electron chi connectivity index (χ3n) is 10.4. The van der Waals surface area contributed by atoms with E-state index < -0.39 is 0 Å². The summed E-state index contributed by atoms with van der Waals surface area (Å²) in [6.07, 6.45) is 1.76. The molecule has 2 aromatic heterocycles. The van der Waals surface area contributed by atoms with E-state index in [1.54, 1.807) is 6.20 Å². The van der Waals surface area contributed by atoms with E-state index in [4.69, 9.17) is 5.10 Å². The van der Waals surface area contributed by atoms with Gasteiger partial charge < -0.3 is 0 Å². The van der Waals surface area contributed by atoms with Crippen LogP contribution in [0, 0.1) is 0 Å². The number of fused-ring (bicyclic) bond motifs is 3. The lowest BCUT2D eigenvalue weighted by Crippen LogP contribution is -2.02. The highest BCUT2D eigenvalue weighted by Gasteiger charge is 2.28. The predicted octanol–water partition coefficient (Wildman–Crippen LogP) is 13.9. The number of hydrogen-bond acceptors (Lipinski definition) is 4. The van der Waals surface area contributed by atoms with Crippen molar-refractivity contribution < 1.29 is 0 Å². The molecule has 55 heavy (non-hydrogen) atoms. The first kappa shape index (κ1) is 32.6. The van der Waals surface area contributed by atoms with Crippen LogP contribution in [0.3, 0.4) is 0 Å². The Morgan fingerprint density at radius 1 is 0.345 bits per heavy atom. The minimum Gasteiger partial charge on any atom is -0.139 e. The molecule has 10 rings (SSSR count). The molecule has 258 valence electrons. The Morgan fingerprint density at radius 3 is 1.51 bits per heavy atom. The van der Waals surface area contributed by atoms with Crippen LogP contribution in [-0.2, 0) is 0 Å². The third kappa shape index (κ3) is 5.81. The van der Waals surface area contributed by atoms with Crippen molar-refractivity contribution >= 4 is 31.5 Å². The summed E-state index contributed by atoms with van der Waals surface area (Å²) in [5.41, 5.74) is 15.4. The SMILES string of the molecule is c1ccc(-c2ccccc2-c2cc(-c3ccccc3)c(-c3ccccc3-c3ccccc3)c(-c3ccnnn3)c2-c2cccc3sc4ccccc4c23)cc1. The molecular weight excluding hydrogens is 687 g/mol. The van der Waals surface area contributed by atoms with E-state index in [0.29, 0.717) is 0 Å². The number of rotatable bonds is 7. The predicted molar refractivity (Wildman–Crippen MR) is 231 cm³/mol. The van der Waals surface area contributed by atoms with Crippen LogP contribution in [0.15, 0.2) is 200 Å². The van der Waals surface area contributed by atoms with E-state index in [9.17, 15) is 0 Å². The van der Waals surface area contributed by atoms with Crippen LogP contribution in [-0.4, -0.2) is 15.4 Å². The minimum absolute atomic E-state index is 0.760. The maximum atomic E-state index is 4.85. The molecule has 0 aliphatic heterocycles. The quantitative estimate of drug-likeness (QED) is 0.165. The van der Waals surface area contributed by atoms with Crippen molar-refractivity contribution in [1.82, 2.24) is 15.4 Å². The molecule has 0 aliphatic carbocycles. The Hall–Kier alpha value is -7.01. The third-order valence-corrected chi connectivity index (χ3v) is 11.6. The van der Waals surface area contributed by atoms with Crippen LogP contribution < -0.4 is 0 Å². The molecule has 0 saturated carbocycles. The zero-order valence-electron chi connectivity index (χ0n) is 29.8. The molecule has 0 aliphatic rings. The molecule has 0 spiro atoms. The molecule has 2 heterocycles. The molecule has 0 radical (unpaired) electrons. The second-order valence-corrected chi connectivity index (χ2v) is 14.7. The van der Waals surface area contributed by atoms with Gasteiger partial charge in [0.15, 0.2) is 0 Å². The van der Waals surface area contributed by atoms with Crippen molar-refractivity contribution in [2.75, 3.05) is 0 Å². The molecule has 0 unspecified atom stereocenters. The van der Waals surface area contributed by atoms with E-state index >= 15 is 0 Å². The zero-order valence-corrected chi connectivity index (χ0v) is 30.6. The second kappa shape index (κ2) is 14.1. The summed E-state index contributed by atoms with van der Waals surface area (Å²) < 4.78 is 2.50. The van der Waals surface area contributed by atoms with Gasteiger partial charge in [0.2, 0.25) is 0 Å². The van der Waals surface area contributed by atoms with E-state index in [-0.39, 0.29) is 0 Å². The Kier molecular flexibility index (Phi) is 8.36. The molecule has 0 fully saturated rings. The van der Waals surface area contributed by atoms with Gasteiger partial charge >= 0.3 is 0 Å². The largest absolute Gasteiger partial charge is 0.139 e. The number of aromatic nitrogens is 3. The van der Waals surface area contributed by atoms with Crippen molar-refractivity contribution in [3.05, 3.63) is 200 Å². The molecule has 3 nitrogen and oxygen atoms in total. The maximum absolute atomic E-state index is 4.85. The smallest absolute Gasteiger partial charge is 0.0976 e. The molecule has 0 bridgehead atoms. The van der Waals surface area contributed by atoms with Gasteiger partial charge in [-0.25, -0.2) is 0 Å². The Morgan fingerprint density at radius 2 is 0.855 bits per heavy atom. The lowest BCUT2D eigenvalue weighted by atomic mass is 9.77. The van der Waals surface area contributed by atoms with E-state index in [1.807, 2.05) is 17.4 Å². The molecule has 8 aromatic carbocycles. The van der Waals surface area contributed by atoms with Crippen molar-refractivity contribution in [3.8, 4) is 78.0 Å². The van der Waals surface area contributed by atoms with Gasteiger partial charge in [-0.1, -0.05) is 170 Å². The lowest BCUT2D eigenvalue weighted by Gasteiger charge is -2.26. The van der Waals surface area contributed by atoms with Gasteiger partial charge in [0.05, 0.1) is 11.9 Å². The summed E-state index contributed by atoms with van der Waals surface area (Å²) in [4.78, 5) is 0. The zero-order chi connectivity index (χ0) is 36.6. The summed E-state index contributed by atoms with van der Waals surface area (Å²) in [7, 11) is 0. The number of benzene rings is 8. The van der Waals surface area contributed by atoms with E-state index in [1.165, 1.54) is 20.2 Å².